The number of unbranched alkanes of at least 4 members (excludes halogenated alkanes) is 29. The fraction of sp³-hybridized carbons (Fsp3) is 0.977. The molecule has 3 atom stereocenters. The van der Waals surface area contributed by atoms with Gasteiger partial charge in [-0.15, -0.1) is 0 Å². The first-order valence-electron chi connectivity index (χ1n) is 22.9. The van der Waals surface area contributed by atoms with Gasteiger partial charge in [0.15, 0.2) is 0 Å². The van der Waals surface area contributed by atoms with E-state index < -0.39 is 20.0 Å². The van der Waals surface area contributed by atoms with Crippen LogP contribution in [-0.2, 0) is 18.4 Å². The van der Waals surface area contributed by atoms with Gasteiger partial charge in [0.1, 0.15) is 13.2 Å². The summed E-state index contributed by atoms with van der Waals surface area (Å²) in [7, 11) is 1.62. The number of phosphoric ester groups is 1. The molecule has 0 spiro atoms. The zero-order valence-electron chi connectivity index (χ0n) is 36.0. The van der Waals surface area contributed by atoms with Crippen LogP contribution in [0.2, 0.25) is 0 Å². The van der Waals surface area contributed by atoms with Crippen LogP contribution in [0.1, 0.15) is 226 Å². The third kappa shape index (κ3) is 39.5. The molecule has 0 radical (unpaired) electrons. The number of hydrogen-bond donors (Lipinski definition) is 3. The highest BCUT2D eigenvalue weighted by molar-refractivity contribution is 7.47. The lowest BCUT2D eigenvalue weighted by Crippen LogP contribution is -2.46. The van der Waals surface area contributed by atoms with E-state index in [4.69, 9.17) is 9.05 Å². The first kappa shape index (κ1) is 52.5. The molecule has 0 aliphatic rings. The Morgan fingerprint density at radius 2 is 0.906 bits per heavy atom. The smallest absolute Gasteiger partial charge is 0.391 e. The number of aliphatic hydroxyl groups excluding tert-OH is 1. The summed E-state index contributed by atoms with van der Waals surface area (Å²) in [5, 5.41) is 13.6. The molecule has 9 heteroatoms. The number of likely N-dealkylation sites (N-methyl/N-ethyl adjacent to an activating group) is 1. The summed E-state index contributed by atoms with van der Waals surface area (Å²) >= 11 is 0. The fourth-order valence-corrected chi connectivity index (χ4v) is 7.71. The number of quaternary nitrogens is 1. The molecule has 3 N–H and O–H groups in total. The largest absolute Gasteiger partial charge is 0.472 e. The minimum atomic E-state index is -4.28. The lowest BCUT2D eigenvalue weighted by molar-refractivity contribution is -0.870. The van der Waals surface area contributed by atoms with E-state index in [0.29, 0.717) is 30.3 Å². The van der Waals surface area contributed by atoms with Crippen LogP contribution < -0.4 is 5.32 Å². The highest BCUT2D eigenvalue weighted by Crippen LogP contribution is 2.43. The molecular weight excluding hydrogens is 683 g/mol. The van der Waals surface area contributed by atoms with Gasteiger partial charge in [-0.3, -0.25) is 13.8 Å². The van der Waals surface area contributed by atoms with Crippen LogP contribution in [0.3, 0.4) is 0 Å². The molecule has 3 unspecified atom stereocenters. The molecular formula is C44H92N2O6P+. The van der Waals surface area contributed by atoms with Gasteiger partial charge in [0.05, 0.1) is 39.9 Å². The number of hydrogen-bond acceptors (Lipinski definition) is 5. The van der Waals surface area contributed by atoms with E-state index in [0.717, 1.165) is 19.3 Å². The Bertz CT molecular complexity index is 839. The van der Waals surface area contributed by atoms with Crippen LogP contribution in [0.15, 0.2) is 0 Å². The second-order valence-electron chi connectivity index (χ2n) is 17.1. The zero-order chi connectivity index (χ0) is 39.3. The van der Waals surface area contributed by atoms with Gasteiger partial charge in [-0.25, -0.2) is 4.57 Å². The third-order valence-corrected chi connectivity index (χ3v) is 11.6. The average molecular weight is 776 g/mol. The van der Waals surface area contributed by atoms with E-state index in [-0.39, 0.29) is 19.1 Å². The standard InChI is InChI=1S/C44H91N2O6P/c1-6-8-9-10-11-12-13-14-15-16-17-18-19-20-21-22-23-24-25-26-27-28-29-30-31-32-33-34-35-36-38-43(47)42(45-44(48)37-7-2)41-52-53(49,50)51-40-39-46(3,4)5/h42-43,47H,6-41H2,1-5H3,(H-,45,48,49,50)/p+1. The van der Waals surface area contributed by atoms with Crippen molar-refractivity contribution >= 4 is 13.7 Å². The number of amides is 1. The van der Waals surface area contributed by atoms with Crippen molar-refractivity contribution in [2.24, 2.45) is 0 Å². The first-order chi connectivity index (χ1) is 25.5. The highest BCUT2D eigenvalue weighted by Gasteiger charge is 2.28. The summed E-state index contributed by atoms with van der Waals surface area (Å²) in [4.78, 5) is 22.3. The van der Waals surface area contributed by atoms with E-state index in [9.17, 15) is 19.4 Å². The Kier molecular flexibility index (Phi) is 36.7. The molecule has 0 bridgehead atoms. The van der Waals surface area contributed by atoms with Gasteiger partial charge in [0, 0.05) is 6.42 Å². The number of nitrogens with zero attached hydrogens (tertiary/aromatic N) is 1. The molecule has 318 valence electrons. The van der Waals surface area contributed by atoms with Gasteiger partial charge in [0.25, 0.3) is 0 Å². The number of aliphatic hydroxyl groups is 1. The van der Waals surface area contributed by atoms with Crippen LogP contribution in [0.5, 0.6) is 0 Å². The van der Waals surface area contributed by atoms with E-state index in [1.165, 1.54) is 173 Å². The SMILES string of the molecule is CCCCCCCCCCCCCCCCCCCCCCCCCCCCCCCCC(O)C(COP(=O)(O)OCC[N+](C)(C)C)NC(=O)CCC. The highest BCUT2D eigenvalue weighted by atomic mass is 31.2. The normalized spacial score (nSPS) is 14.3. The summed E-state index contributed by atoms with van der Waals surface area (Å²) < 4.78 is 23.2. The van der Waals surface area contributed by atoms with Gasteiger partial charge in [-0.1, -0.05) is 206 Å². The van der Waals surface area contributed by atoms with E-state index in [1.54, 1.807) is 0 Å². The Balaban J connectivity index is 3.65. The van der Waals surface area contributed by atoms with Gasteiger partial charge >= 0.3 is 7.82 Å². The van der Waals surface area contributed by atoms with Crippen LogP contribution in [0.4, 0.5) is 0 Å². The lowest BCUT2D eigenvalue weighted by atomic mass is 10.0. The molecule has 0 aliphatic carbocycles. The van der Waals surface area contributed by atoms with Gasteiger partial charge in [0.2, 0.25) is 5.91 Å². The first-order valence-corrected chi connectivity index (χ1v) is 24.4. The molecule has 53 heavy (non-hydrogen) atoms. The second-order valence-corrected chi connectivity index (χ2v) is 18.6. The summed E-state index contributed by atoms with van der Waals surface area (Å²) in [6, 6.07) is -0.750. The van der Waals surface area contributed by atoms with Gasteiger partial charge in [-0.05, 0) is 12.8 Å². The minimum absolute atomic E-state index is 0.0758. The van der Waals surface area contributed by atoms with Crippen LogP contribution in [-0.4, -0.2) is 73.4 Å². The predicted octanol–water partition coefficient (Wildman–Crippen LogP) is 12.6. The maximum atomic E-state index is 12.3. The number of phosphoric acid groups is 1. The zero-order valence-corrected chi connectivity index (χ0v) is 36.9. The minimum Gasteiger partial charge on any atom is -0.391 e. The summed E-state index contributed by atoms with van der Waals surface area (Å²) in [5.74, 6) is -0.195. The summed E-state index contributed by atoms with van der Waals surface area (Å²) in [6.07, 6.45) is 41.8. The molecule has 0 aromatic carbocycles. The maximum Gasteiger partial charge on any atom is 0.472 e. The van der Waals surface area contributed by atoms with Crippen molar-refractivity contribution in [1.82, 2.24) is 5.32 Å². The van der Waals surface area contributed by atoms with E-state index in [1.807, 2.05) is 28.1 Å². The molecule has 0 aliphatic heterocycles. The van der Waals surface area contributed by atoms with Crippen molar-refractivity contribution in [3.05, 3.63) is 0 Å². The molecule has 0 fully saturated rings. The molecule has 0 aromatic rings. The van der Waals surface area contributed by atoms with Crippen molar-refractivity contribution in [1.29, 1.82) is 0 Å². The van der Waals surface area contributed by atoms with Crippen molar-refractivity contribution in [3.63, 3.8) is 0 Å². The van der Waals surface area contributed by atoms with Crippen LogP contribution in [0.25, 0.3) is 0 Å². The Labute approximate surface area is 329 Å². The van der Waals surface area contributed by atoms with Crippen molar-refractivity contribution in [3.8, 4) is 0 Å². The Morgan fingerprint density at radius 3 is 1.23 bits per heavy atom. The topological polar surface area (TPSA) is 105 Å². The molecule has 0 saturated heterocycles. The molecule has 0 heterocycles. The summed E-state index contributed by atoms with van der Waals surface area (Å²) in [5.41, 5.74) is 0. The monoisotopic (exact) mass is 776 g/mol. The molecule has 1 amide bonds. The Hall–Kier alpha value is -0.500. The molecule has 0 saturated carbocycles. The third-order valence-electron chi connectivity index (χ3n) is 10.6. The van der Waals surface area contributed by atoms with Crippen LogP contribution in [0, 0.1) is 0 Å². The molecule has 0 aromatic heterocycles. The lowest BCUT2D eigenvalue weighted by Gasteiger charge is -2.26. The van der Waals surface area contributed by atoms with Crippen LogP contribution >= 0.6 is 7.82 Å². The molecule has 0 rings (SSSR count). The number of carbonyl (C=O) groups is 1. The van der Waals surface area contributed by atoms with Gasteiger partial charge in [-0.2, -0.15) is 0 Å². The quantitative estimate of drug-likeness (QED) is 0.0324. The van der Waals surface area contributed by atoms with Crippen molar-refractivity contribution in [2.75, 3.05) is 40.9 Å². The molecule has 8 nitrogen and oxygen atoms in total. The maximum absolute atomic E-state index is 12.3. The Morgan fingerprint density at radius 1 is 0.566 bits per heavy atom. The van der Waals surface area contributed by atoms with E-state index in [2.05, 4.69) is 12.2 Å². The number of rotatable bonds is 42. The van der Waals surface area contributed by atoms with Crippen molar-refractivity contribution < 1.29 is 32.9 Å². The van der Waals surface area contributed by atoms with E-state index >= 15 is 0 Å². The van der Waals surface area contributed by atoms with Gasteiger partial charge < -0.3 is 19.8 Å². The fourth-order valence-electron chi connectivity index (χ4n) is 6.97. The summed E-state index contributed by atoms with van der Waals surface area (Å²) in [6.45, 7) is 4.56. The number of carbonyl (C=O) groups excluding carboxylic acids is 1. The predicted molar refractivity (Wildman–Crippen MR) is 226 cm³/mol. The second kappa shape index (κ2) is 37.1. The number of nitrogens with one attached hydrogen (secondary N) is 1. The van der Waals surface area contributed by atoms with Crippen molar-refractivity contribution in [2.45, 2.75) is 238 Å². The average Bonchev–Trinajstić information content (AvgIpc) is 3.10.